The van der Waals surface area contributed by atoms with Crippen molar-refractivity contribution in [1.29, 1.82) is 0 Å². The van der Waals surface area contributed by atoms with Gasteiger partial charge in [-0.15, -0.1) is 20.4 Å². The van der Waals surface area contributed by atoms with Crippen LogP contribution in [0.15, 0.2) is 195 Å². The largest absolute Gasteiger partial charge is 0.505 e. The molecule has 0 aliphatic rings. The number of aromatic hydroxyl groups is 1. The zero-order valence-corrected chi connectivity index (χ0v) is 42.6. The number of nitrogens with zero attached hydrogens (tertiary/aromatic N) is 11. The Morgan fingerprint density at radius 2 is 0.921 bits per heavy atom. The lowest BCUT2D eigenvalue weighted by Crippen LogP contribution is -2.01. The minimum atomic E-state index is -4.81. The Morgan fingerprint density at radius 3 is 1.54 bits per heavy atom. The van der Waals surface area contributed by atoms with Crippen LogP contribution in [0.5, 0.6) is 5.75 Å². The van der Waals surface area contributed by atoms with Gasteiger partial charge in [-0.2, -0.15) is 60.7 Å². The molecule has 0 radical (unpaired) electrons. The van der Waals surface area contributed by atoms with Gasteiger partial charge in [0.15, 0.2) is 5.75 Å². The molecule has 0 aliphatic carbocycles. The standard InChI is InChI=1S/C52H39N11O10S3/c1-28-20-35(13-18-41(28)55-53-34-14-19-42(29(2)21-34)56-60-46-26-40-32(25-50(46)76(71,72)73)8-7-11-48(40)74(65,66)67)54-58-44-22-31(4)45(23-30(44)3)59-57-43-17-12-33-24-36(15-16-37(33)52(43)64)63-61-47-27-49(75(68,69)70)38-9-5-6-10-39(38)51(47)62-63/h5-27,64H,1-4H3,(H,65,66,67)(H,68,69,70)(H,71,72,73). The molecule has 24 heteroatoms. The van der Waals surface area contributed by atoms with Crippen molar-refractivity contribution in [3.63, 3.8) is 0 Å². The molecular formula is C52H39N11O10S3. The van der Waals surface area contributed by atoms with Gasteiger partial charge < -0.3 is 5.11 Å². The molecule has 0 saturated carbocycles. The van der Waals surface area contributed by atoms with Gasteiger partial charge in [0.25, 0.3) is 30.4 Å². The minimum Gasteiger partial charge on any atom is -0.505 e. The van der Waals surface area contributed by atoms with Gasteiger partial charge in [0.1, 0.15) is 37.1 Å². The summed E-state index contributed by atoms with van der Waals surface area (Å²) in [6.45, 7) is 7.30. The van der Waals surface area contributed by atoms with Crippen molar-refractivity contribution >= 4 is 119 Å². The van der Waals surface area contributed by atoms with E-state index in [4.69, 9.17) is 0 Å². The van der Waals surface area contributed by atoms with Crippen LogP contribution in [0.1, 0.15) is 22.3 Å². The maximum Gasteiger partial charge on any atom is 0.296 e. The number of fused-ring (bicyclic) bond motifs is 5. The van der Waals surface area contributed by atoms with E-state index in [1.807, 2.05) is 39.0 Å². The fraction of sp³-hybridized carbons (Fsp3) is 0.0769. The summed E-state index contributed by atoms with van der Waals surface area (Å²) in [5.74, 6) is -0.0901. The molecule has 1 aromatic heterocycles. The summed E-state index contributed by atoms with van der Waals surface area (Å²) in [7, 11) is -14.0. The second-order valence-corrected chi connectivity index (χ2v) is 21.7. The van der Waals surface area contributed by atoms with Crippen LogP contribution in [-0.4, -0.2) is 59.0 Å². The van der Waals surface area contributed by atoms with Gasteiger partial charge in [-0.25, -0.2) is 0 Å². The number of aromatic nitrogens is 3. The number of benzene rings is 9. The number of phenols is 1. The molecule has 1 heterocycles. The number of phenolic OH excluding ortho intramolecular Hbond substituents is 1. The molecule has 9 aromatic carbocycles. The van der Waals surface area contributed by atoms with E-state index < -0.39 is 40.1 Å². The van der Waals surface area contributed by atoms with Crippen LogP contribution in [0.4, 0.5) is 45.5 Å². The molecule has 0 amide bonds. The normalized spacial score (nSPS) is 12.8. The van der Waals surface area contributed by atoms with E-state index in [2.05, 4.69) is 51.1 Å². The zero-order valence-electron chi connectivity index (χ0n) is 40.2. The summed E-state index contributed by atoms with van der Waals surface area (Å²) < 4.78 is 102. The summed E-state index contributed by atoms with van der Waals surface area (Å²) in [6, 6.07) is 36.5. The molecule has 10 rings (SSSR count). The molecule has 10 aromatic rings. The number of hydrogen-bond donors (Lipinski definition) is 4. The Labute approximate surface area is 432 Å². The summed E-state index contributed by atoms with van der Waals surface area (Å²) in [5.41, 5.74) is 7.12. The average Bonchev–Trinajstić information content (AvgIpc) is 3.88. The second kappa shape index (κ2) is 19.4. The molecule has 0 saturated heterocycles. The van der Waals surface area contributed by atoms with E-state index in [9.17, 15) is 44.0 Å². The minimum absolute atomic E-state index is 0.0227. The predicted molar refractivity (Wildman–Crippen MR) is 284 cm³/mol. The molecule has 4 N–H and O–H groups in total. The van der Waals surface area contributed by atoms with Crippen LogP contribution < -0.4 is 0 Å². The third-order valence-corrected chi connectivity index (χ3v) is 14.9. The predicted octanol–water partition coefficient (Wildman–Crippen LogP) is 14.2. The fourth-order valence-corrected chi connectivity index (χ4v) is 10.4. The lowest BCUT2D eigenvalue weighted by atomic mass is 10.1. The highest BCUT2D eigenvalue weighted by molar-refractivity contribution is 7.86. The SMILES string of the molecule is Cc1cc(N=Nc2cc(C)c(N=Nc3ccc4cc(-n5nc6cc(S(=O)(=O)O)c7ccccc7c6n5)ccc4c3O)cc2C)ccc1N=Nc1ccc(N=Nc2cc3c(S(=O)(=O)O)cccc3cc2S(=O)(=O)O)c(C)c1. The first-order valence-corrected chi connectivity index (χ1v) is 26.9. The lowest BCUT2D eigenvalue weighted by molar-refractivity contribution is 0.481. The van der Waals surface area contributed by atoms with Crippen molar-refractivity contribution < 1.29 is 44.0 Å². The maximum atomic E-state index is 12.2. The van der Waals surface area contributed by atoms with Crippen LogP contribution in [-0.2, 0) is 30.4 Å². The smallest absolute Gasteiger partial charge is 0.296 e. The Hall–Kier alpha value is -8.91. The molecular weight excluding hydrogens is 1030 g/mol. The van der Waals surface area contributed by atoms with Crippen molar-refractivity contribution in [2.75, 3.05) is 0 Å². The maximum absolute atomic E-state index is 12.2. The Balaban J connectivity index is 0.811. The Bertz CT molecular complexity index is 4580. The first-order valence-electron chi connectivity index (χ1n) is 22.6. The van der Waals surface area contributed by atoms with Gasteiger partial charge in [-0.05, 0) is 158 Å². The summed E-state index contributed by atoms with van der Waals surface area (Å²) in [6.07, 6.45) is 0. The van der Waals surface area contributed by atoms with E-state index in [0.717, 1.165) is 34.9 Å². The molecule has 0 spiro atoms. The van der Waals surface area contributed by atoms with Gasteiger partial charge in [-0.3, -0.25) is 13.7 Å². The molecule has 380 valence electrons. The van der Waals surface area contributed by atoms with Gasteiger partial charge in [0, 0.05) is 21.5 Å². The van der Waals surface area contributed by atoms with Crippen LogP contribution in [0, 0.1) is 27.7 Å². The third kappa shape index (κ3) is 10.2. The van der Waals surface area contributed by atoms with Gasteiger partial charge >= 0.3 is 0 Å². The fourth-order valence-electron chi connectivity index (χ4n) is 8.38. The van der Waals surface area contributed by atoms with E-state index in [0.29, 0.717) is 72.4 Å². The molecule has 0 unspecified atom stereocenters. The highest BCUT2D eigenvalue weighted by Crippen LogP contribution is 2.40. The van der Waals surface area contributed by atoms with E-state index in [1.165, 1.54) is 23.0 Å². The quantitative estimate of drug-likeness (QED) is 0.0655. The lowest BCUT2D eigenvalue weighted by Gasteiger charge is -2.08. The zero-order chi connectivity index (χ0) is 53.8. The summed E-state index contributed by atoms with van der Waals surface area (Å²) in [4.78, 5) is 0.0217. The second-order valence-electron chi connectivity index (χ2n) is 17.5. The highest BCUT2D eigenvalue weighted by Gasteiger charge is 2.22. The van der Waals surface area contributed by atoms with Crippen LogP contribution >= 0.6 is 0 Å². The van der Waals surface area contributed by atoms with Crippen LogP contribution in [0.3, 0.4) is 0 Å². The number of hydrogen-bond acceptors (Lipinski definition) is 17. The van der Waals surface area contributed by atoms with Crippen molar-refractivity contribution in [2.24, 2.45) is 40.9 Å². The van der Waals surface area contributed by atoms with Crippen molar-refractivity contribution in [3.8, 4) is 11.4 Å². The van der Waals surface area contributed by atoms with E-state index >= 15 is 0 Å². The molecule has 21 nitrogen and oxygen atoms in total. The third-order valence-electron chi connectivity index (χ3n) is 12.2. The monoisotopic (exact) mass is 1070 g/mol. The van der Waals surface area contributed by atoms with Gasteiger partial charge in [0.05, 0.1) is 39.8 Å². The first-order chi connectivity index (χ1) is 36.1. The number of azo groups is 4. The first kappa shape index (κ1) is 50.6. The van der Waals surface area contributed by atoms with Gasteiger partial charge in [0.2, 0.25) is 0 Å². The highest BCUT2D eigenvalue weighted by atomic mass is 32.2. The molecule has 76 heavy (non-hydrogen) atoms. The van der Waals surface area contributed by atoms with Crippen molar-refractivity contribution in [2.45, 2.75) is 42.4 Å². The molecule has 0 atom stereocenters. The van der Waals surface area contributed by atoms with Crippen molar-refractivity contribution in [3.05, 3.63) is 162 Å². The van der Waals surface area contributed by atoms with Crippen molar-refractivity contribution in [1.82, 2.24) is 15.0 Å². The van der Waals surface area contributed by atoms with Crippen LogP contribution in [0.2, 0.25) is 0 Å². The van der Waals surface area contributed by atoms with E-state index in [-0.39, 0.29) is 38.3 Å². The molecule has 0 aliphatic heterocycles. The number of rotatable bonds is 12. The Morgan fingerprint density at radius 1 is 0.395 bits per heavy atom. The molecule has 0 bridgehead atoms. The summed E-state index contributed by atoms with van der Waals surface area (Å²) in [5, 5.41) is 57.2. The van der Waals surface area contributed by atoms with E-state index in [1.54, 1.807) is 91.9 Å². The Kier molecular flexibility index (Phi) is 12.9. The summed E-state index contributed by atoms with van der Waals surface area (Å²) >= 11 is 0. The van der Waals surface area contributed by atoms with Gasteiger partial charge in [-0.1, -0.05) is 42.5 Å². The topological polar surface area (TPSA) is 313 Å². The average molecular weight is 1070 g/mol. The van der Waals surface area contributed by atoms with Crippen LogP contribution in [0.25, 0.3) is 49.0 Å². The molecule has 0 fully saturated rings. The number of aryl methyl sites for hydroxylation is 4.